The molecule has 1 aromatic heterocycles. The van der Waals surface area contributed by atoms with Gasteiger partial charge in [-0.05, 0) is 36.6 Å². The number of pyridine rings is 1. The van der Waals surface area contributed by atoms with Gasteiger partial charge in [-0.3, -0.25) is 9.59 Å². The molecule has 0 bridgehead atoms. The van der Waals surface area contributed by atoms with Gasteiger partial charge in [-0.15, -0.1) is 0 Å². The summed E-state index contributed by atoms with van der Waals surface area (Å²) in [5.74, 6) is 0.0105. The molecule has 0 fully saturated rings. The van der Waals surface area contributed by atoms with Gasteiger partial charge in [0.1, 0.15) is 11.4 Å². The molecule has 0 saturated carbocycles. The third-order valence-electron chi connectivity index (χ3n) is 3.66. The molecular formula is C19H23N3O2. The minimum absolute atomic E-state index is 0.248. The molecule has 1 N–H and O–H groups in total. The van der Waals surface area contributed by atoms with Crippen LogP contribution < -0.4 is 10.2 Å². The molecule has 0 unspecified atom stereocenters. The standard InChI is InChI=1S/C19H23N3O2/c1-14(2)12-13-20-18(23)16-10-7-11-17(21-16)19(24)22(3)15-8-5-4-6-9-15/h4-11,14H,12-13H2,1-3H3,(H,20,23). The van der Waals surface area contributed by atoms with Crippen molar-refractivity contribution in [2.75, 3.05) is 18.5 Å². The lowest BCUT2D eigenvalue weighted by molar-refractivity contribution is 0.0946. The van der Waals surface area contributed by atoms with E-state index in [-0.39, 0.29) is 23.2 Å². The van der Waals surface area contributed by atoms with Gasteiger partial charge in [-0.25, -0.2) is 4.98 Å². The number of nitrogens with one attached hydrogen (secondary N) is 1. The van der Waals surface area contributed by atoms with Crippen LogP contribution in [0.25, 0.3) is 0 Å². The summed E-state index contributed by atoms with van der Waals surface area (Å²) in [5.41, 5.74) is 1.28. The predicted octanol–water partition coefficient (Wildman–Crippen LogP) is 3.13. The largest absolute Gasteiger partial charge is 0.351 e. The van der Waals surface area contributed by atoms with Gasteiger partial charge < -0.3 is 10.2 Å². The molecule has 0 saturated heterocycles. The summed E-state index contributed by atoms with van der Waals surface area (Å²) in [6.45, 7) is 4.80. The topological polar surface area (TPSA) is 62.3 Å². The van der Waals surface area contributed by atoms with Crippen LogP contribution in [-0.2, 0) is 0 Å². The Hall–Kier alpha value is -2.69. The highest BCUT2D eigenvalue weighted by Gasteiger charge is 2.16. The van der Waals surface area contributed by atoms with Gasteiger partial charge in [0.2, 0.25) is 0 Å². The number of carbonyl (C=O) groups is 2. The molecule has 1 heterocycles. The predicted molar refractivity (Wildman–Crippen MR) is 95.2 cm³/mol. The Morgan fingerprint density at radius 2 is 1.71 bits per heavy atom. The van der Waals surface area contributed by atoms with Gasteiger partial charge in [-0.1, -0.05) is 38.1 Å². The summed E-state index contributed by atoms with van der Waals surface area (Å²) in [4.78, 5) is 30.4. The number of hydrogen-bond acceptors (Lipinski definition) is 3. The molecule has 0 aliphatic carbocycles. The Morgan fingerprint density at radius 1 is 1.04 bits per heavy atom. The molecule has 0 spiro atoms. The van der Waals surface area contributed by atoms with Gasteiger partial charge in [0.25, 0.3) is 11.8 Å². The maximum absolute atomic E-state index is 12.6. The van der Waals surface area contributed by atoms with Crippen molar-refractivity contribution in [2.45, 2.75) is 20.3 Å². The summed E-state index contributed by atoms with van der Waals surface area (Å²) < 4.78 is 0. The first-order valence-corrected chi connectivity index (χ1v) is 8.07. The van der Waals surface area contributed by atoms with Crippen molar-refractivity contribution in [3.8, 4) is 0 Å². The van der Waals surface area contributed by atoms with Gasteiger partial charge in [0.15, 0.2) is 0 Å². The van der Waals surface area contributed by atoms with Gasteiger partial charge in [0.05, 0.1) is 0 Å². The van der Waals surface area contributed by atoms with Crippen LogP contribution in [0, 0.1) is 5.92 Å². The molecule has 0 radical (unpaired) electrons. The van der Waals surface area contributed by atoms with Gasteiger partial charge in [0, 0.05) is 19.3 Å². The highest BCUT2D eigenvalue weighted by atomic mass is 16.2. The van der Waals surface area contributed by atoms with Gasteiger partial charge in [-0.2, -0.15) is 0 Å². The maximum atomic E-state index is 12.6. The molecular weight excluding hydrogens is 302 g/mol. The minimum atomic E-state index is -0.257. The summed E-state index contributed by atoms with van der Waals surface area (Å²) in [7, 11) is 1.69. The van der Waals surface area contributed by atoms with E-state index in [4.69, 9.17) is 0 Å². The summed E-state index contributed by atoms with van der Waals surface area (Å²) in [6.07, 6.45) is 0.904. The normalized spacial score (nSPS) is 10.5. The molecule has 5 nitrogen and oxygen atoms in total. The van der Waals surface area contributed by atoms with E-state index >= 15 is 0 Å². The Bertz CT molecular complexity index is 699. The van der Waals surface area contributed by atoms with Crippen molar-refractivity contribution in [1.82, 2.24) is 10.3 Å². The van der Waals surface area contributed by atoms with E-state index in [1.54, 1.807) is 25.2 Å². The average molecular weight is 325 g/mol. The van der Waals surface area contributed by atoms with E-state index in [9.17, 15) is 9.59 Å². The van der Waals surface area contributed by atoms with E-state index in [2.05, 4.69) is 24.1 Å². The fourth-order valence-corrected chi connectivity index (χ4v) is 2.19. The Labute approximate surface area is 142 Å². The van der Waals surface area contributed by atoms with Crippen LogP contribution in [0.5, 0.6) is 0 Å². The summed E-state index contributed by atoms with van der Waals surface area (Å²) >= 11 is 0. The number of amides is 2. The van der Waals surface area contributed by atoms with Crippen LogP contribution >= 0.6 is 0 Å². The number of benzene rings is 1. The van der Waals surface area contributed by atoms with E-state index in [1.165, 1.54) is 4.90 Å². The van der Waals surface area contributed by atoms with Crippen LogP contribution in [0.2, 0.25) is 0 Å². The second-order valence-corrected chi connectivity index (χ2v) is 6.05. The first-order valence-electron chi connectivity index (χ1n) is 8.07. The lowest BCUT2D eigenvalue weighted by atomic mass is 10.1. The van der Waals surface area contributed by atoms with Crippen molar-refractivity contribution >= 4 is 17.5 Å². The van der Waals surface area contributed by atoms with E-state index in [1.807, 2.05) is 30.3 Å². The zero-order valence-electron chi connectivity index (χ0n) is 14.3. The summed E-state index contributed by atoms with van der Waals surface area (Å²) in [5, 5.41) is 2.83. The first kappa shape index (κ1) is 17.7. The second kappa shape index (κ2) is 8.24. The second-order valence-electron chi connectivity index (χ2n) is 6.05. The van der Waals surface area contributed by atoms with Crippen molar-refractivity contribution < 1.29 is 9.59 Å². The number of aromatic nitrogens is 1. The van der Waals surface area contributed by atoms with E-state index in [0.717, 1.165) is 12.1 Å². The minimum Gasteiger partial charge on any atom is -0.351 e. The Kier molecular flexibility index (Phi) is 6.07. The molecule has 0 atom stereocenters. The number of nitrogens with zero attached hydrogens (tertiary/aromatic N) is 2. The van der Waals surface area contributed by atoms with Crippen LogP contribution in [0.3, 0.4) is 0 Å². The van der Waals surface area contributed by atoms with Gasteiger partial charge >= 0.3 is 0 Å². The Morgan fingerprint density at radius 3 is 2.38 bits per heavy atom. The van der Waals surface area contributed by atoms with Crippen LogP contribution in [0.15, 0.2) is 48.5 Å². The fourth-order valence-electron chi connectivity index (χ4n) is 2.19. The third-order valence-corrected chi connectivity index (χ3v) is 3.66. The van der Waals surface area contributed by atoms with Crippen LogP contribution in [-0.4, -0.2) is 30.4 Å². The van der Waals surface area contributed by atoms with Crippen molar-refractivity contribution in [2.24, 2.45) is 5.92 Å². The fraction of sp³-hybridized carbons (Fsp3) is 0.316. The Balaban J connectivity index is 2.09. The zero-order valence-corrected chi connectivity index (χ0v) is 14.3. The summed E-state index contributed by atoms with van der Waals surface area (Å²) in [6, 6.07) is 14.2. The molecule has 126 valence electrons. The van der Waals surface area contributed by atoms with Crippen molar-refractivity contribution in [3.63, 3.8) is 0 Å². The number of anilines is 1. The van der Waals surface area contributed by atoms with Crippen molar-refractivity contribution in [3.05, 3.63) is 59.9 Å². The monoisotopic (exact) mass is 325 g/mol. The highest BCUT2D eigenvalue weighted by Crippen LogP contribution is 2.14. The third kappa shape index (κ3) is 4.65. The zero-order chi connectivity index (χ0) is 17.5. The molecule has 0 aliphatic heterocycles. The molecule has 0 aliphatic rings. The maximum Gasteiger partial charge on any atom is 0.276 e. The molecule has 1 aromatic carbocycles. The SMILES string of the molecule is CC(C)CCNC(=O)c1cccc(C(=O)N(C)c2ccccc2)n1. The van der Waals surface area contributed by atoms with E-state index < -0.39 is 0 Å². The number of hydrogen-bond donors (Lipinski definition) is 1. The van der Waals surface area contributed by atoms with Crippen LogP contribution in [0.1, 0.15) is 41.2 Å². The molecule has 2 amide bonds. The average Bonchev–Trinajstić information content (AvgIpc) is 2.61. The molecule has 24 heavy (non-hydrogen) atoms. The highest BCUT2D eigenvalue weighted by molar-refractivity contribution is 6.05. The first-order chi connectivity index (χ1) is 11.5. The lowest BCUT2D eigenvalue weighted by Crippen LogP contribution is -2.29. The van der Waals surface area contributed by atoms with Crippen LogP contribution in [0.4, 0.5) is 5.69 Å². The van der Waals surface area contributed by atoms with Crippen molar-refractivity contribution in [1.29, 1.82) is 0 Å². The quantitative estimate of drug-likeness (QED) is 0.887. The molecule has 5 heteroatoms. The number of para-hydroxylation sites is 1. The lowest BCUT2D eigenvalue weighted by Gasteiger charge is -2.17. The smallest absolute Gasteiger partial charge is 0.276 e. The number of rotatable bonds is 6. The molecule has 2 aromatic rings. The van der Waals surface area contributed by atoms with E-state index in [0.29, 0.717) is 12.5 Å². The number of carbonyl (C=O) groups excluding carboxylic acids is 2. The molecule has 2 rings (SSSR count).